The highest BCUT2D eigenvalue weighted by molar-refractivity contribution is 9.10. The van der Waals surface area contributed by atoms with Gasteiger partial charge in [0.15, 0.2) is 0 Å². The van der Waals surface area contributed by atoms with Crippen LogP contribution in [0.3, 0.4) is 0 Å². The second kappa shape index (κ2) is 11.3. The normalized spacial score (nSPS) is 15.0. The van der Waals surface area contributed by atoms with E-state index < -0.39 is 10.0 Å². The van der Waals surface area contributed by atoms with Gasteiger partial charge >= 0.3 is 0 Å². The minimum Gasteiger partial charge on any atom is -0.492 e. The number of carbonyl (C=O) groups excluding carboxylic acids is 1. The molecule has 2 N–H and O–H groups in total. The second-order valence-corrected chi connectivity index (χ2v) is 11.2. The molecular weight excluding hydrogens is 492 g/mol. The van der Waals surface area contributed by atoms with E-state index in [0.717, 1.165) is 38.5 Å². The highest BCUT2D eigenvalue weighted by Gasteiger charge is 2.21. The van der Waals surface area contributed by atoms with Crippen LogP contribution in [-0.4, -0.2) is 27.0 Å². The van der Waals surface area contributed by atoms with E-state index in [1.54, 1.807) is 30.3 Å². The van der Waals surface area contributed by atoms with E-state index in [2.05, 4.69) is 39.8 Å². The third kappa shape index (κ3) is 7.05. The topological polar surface area (TPSA) is 84.5 Å². The van der Waals surface area contributed by atoms with Crippen molar-refractivity contribution in [2.24, 2.45) is 5.92 Å². The van der Waals surface area contributed by atoms with Crippen molar-refractivity contribution in [3.63, 3.8) is 0 Å². The van der Waals surface area contributed by atoms with Crippen LogP contribution in [0.4, 0.5) is 5.69 Å². The molecule has 0 heterocycles. The summed E-state index contributed by atoms with van der Waals surface area (Å²) in [6.45, 7) is 4.90. The minimum atomic E-state index is -3.56. The minimum absolute atomic E-state index is 0.00361. The number of carbonyl (C=O) groups is 1. The smallest absolute Gasteiger partial charge is 0.255 e. The fourth-order valence-electron chi connectivity index (χ4n) is 3.59. The van der Waals surface area contributed by atoms with Gasteiger partial charge in [-0.15, -0.1) is 0 Å². The molecule has 0 aliphatic heterocycles. The van der Waals surface area contributed by atoms with Gasteiger partial charge in [-0.2, -0.15) is 0 Å². The maximum Gasteiger partial charge on any atom is 0.255 e. The van der Waals surface area contributed by atoms with Crippen molar-refractivity contribution in [1.29, 1.82) is 0 Å². The van der Waals surface area contributed by atoms with Gasteiger partial charge in [0.2, 0.25) is 10.0 Å². The number of hydrogen-bond acceptors (Lipinski definition) is 4. The Labute approximate surface area is 199 Å². The lowest BCUT2D eigenvalue weighted by atomic mass is 9.96. The Kier molecular flexibility index (Phi) is 8.73. The molecule has 2 aromatic carbocycles. The zero-order valence-electron chi connectivity index (χ0n) is 18.6. The number of amides is 1. The van der Waals surface area contributed by atoms with Crippen LogP contribution < -0.4 is 14.8 Å². The fraction of sp³-hybridized carbons (Fsp3) is 0.458. The maximum absolute atomic E-state index is 12.6. The summed E-state index contributed by atoms with van der Waals surface area (Å²) in [6.07, 6.45) is 5.99. The summed E-state index contributed by atoms with van der Waals surface area (Å²) < 4.78 is 34.5. The van der Waals surface area contributed by atoms with Crippen molar-refractivity contribution >= 4 is 37.5 Å². The number of nitrogens with one attached hydrogen (secondary N) is 2. The molecule has 1 aliphatic rings. The quantitative estimate of drug-likeness (QED) is 0.439. The van der Waals surface area contributed by atoms with Crippen LogP contribution in [0.25, 0.3) is 0 Å². The largest absolute Gasteiger partial charge is 0.492 e. The van der Waals surface area contributed by atoms with Crippen LogP contribution in [0.15, 0.2) is 51.8 Å². The molecule has 3 rings (SSSR count). The number of hydrogen-bond donors (Lipinski definition) is 2. The number of benzene rings is 2. The van der Waals surface area contributed by atoms with Crippen LogP contribution >= 0.6 is 15.9 Å². The van der Waals surface area contributed by atoms with Gasteiger partial charge < -0.3 is 10.1 Å². The summed E-state index contributed by atoms with van der Waals surface area (Å²) >= 11 is 3.46. The second-order valence-electron chi connectivity index (χ2n) is 8.61. The number of halogens is 1. The molecule has 0 radical (unpaired) electrons. The zero-order chi connectivity index (χ0) is 23.1. The molecule has 174 valence electrons. The average Bonchev–Trinajstić information content (AvgIpc) is 2.75. The van der Waals surface area contributed by atoms with Crippen LogP contribution in [0.5, 0.6) is 5.75 Å². The Morgan fingerprint density at radius 1 is 1.09 bits per heavy atom. The van der Waals surface area contributed by atoms with E-state index in [-0.39, 0.29) is 16.8 Å². The highest BCUT2D eigenvalue weighted by Crippen LogP contribution is 2.27. The monoisotopic (exact) mass is 522 g/mol. The Hall–Kier alpha value is -1.90. The summed E-state index contributed by atoms with van der Waals surface area (Å²) in [6, 6.07) is 11.4. The Balaban J connectivity index is 1.60. The first kappa shape index (κ1) is 24.7. The lowest BCUT2D eigenvalue weighted by Gasteiger charge is -2.22. The molecule has 8 heteroatoms. The first-order chi connectivity index (χ1) is 15.2. The molecule has 0 saturated heterocycles. The van der Waals surface area contributed by atoms with E-state index in [0.29, 0.717) is 34.0 Å². The van der Waals surface area contributed by atoms with Gasteiger partial charge in [0, 0.05) is 17.3 Å². The highest BCUT2D eigenvalue weighted by atomic mass is 79.9. The van der Waals surface area contributed by atoms with Gasteiger partial charge in [-0.3, -0.25) is 4.79 Å². The van der Waals surface area contributed by atoms with Crippen molar-refractivity contribution in [1.82, 2.24) is 4.72 Å². The SMILES string of the molecule is CC(C)CCOc1ccc(C(=O)Nc2ccc(S(=O)(=O)NC3CCCCC3)cc2)cc1Br. The summed E-state index contributed by atoms with van der Waals surface area (Å²) in [4.78, 5) is 12.8. The van der Waals surface area contributed by atoms with Gasteiger partial charge in [0.1, 0.15) is 5.75 Å². The zero-order valence-corrected chi connectivity index (χ0v) is 21.0. The first-order valence-electron chi connectivity index (χ1n) is 11.1. The van der Waals surface area contributed by atoms with Crippen molar-refractivity contribution in [3.05, 3.63) is 52.5 Å². The van der Waals surface area contributed by atoms with Crippen molar-refractivity contribution in [2.45, 2.75) is 63.3 Å². The van der Waals surface area contributed by atoms with Gasteiger partial charge in [0.25, 0.3) is 5.91 Å². The number of sulfonamides is 1. The number of ether oxygens (including phenoxy) is 1. The van der Waals surface area contributed by atoms with Crippen LogP contribution in [0.2, 0.25) is 0 Å². The molecule has 0 aromatic heterocycles. The van der Waals surface area contributed by atoms with Gasteiger partial charge in [-0.05, 0) is 83.6 Å². The maximum atomic E-state index is 12.6. The molecule has 2 aromatic rings. The molecule has 0 bridgehead atoms. The molecule has 6 nitrogen and oxygen atoms in total. The molecule has 1 amide bonds. The first-order valence-corrected chi connectivity index (χ1v) is 13.4. The van der Waals surface area contributed by atoms with Crippen molar-refractivity contribution < 1.29 is 17.9 Å². The number of anilines is 1. The lowest BCUT2D eigenvalue weighted by Crippen LogP contribution is -2.36. The molecule has 32 heavy (non-hydrogen) atoms. The number of rotatable bonds is 9. The van der Waals surface area contributed by atoms with E-state index in [1.807, 2.05) is 0 Å². The molecule has 0 atom stereocenters. The predicted octanol–water partition coefficient (Wildman–Crippen LogP) is 5.74. The van der Waals surface area contributed by atoms with Gasteiger partial charge in [-0.1, -0.05) is 33.1 Å². The molecule has 1 saturated carbocycles. The van der Waals surface area contributed by atoms with Crippen molar-refractivity contribution in [3.8, 4) is 5.75 Å². The third-order valence-corrected chi connectivity index (χ3v) is 7.65. The van der Waals surface area contributed by atoms with E-state index >= 15 is 0 Å². The molecule has 0 unspecified atom stereocenters. The van der Waals surface area contributed by atoms with E-state index in [9.17, 15) is 13.2 Å². The molecular formula is C24H31BrN2O4S. The van der Waals surface area contributed by atoms with E-state index in [4.69, 9.17) is 4.74 Å². The standard InChI is InChI=1S/C24H31BrN2O4S/c1-17(2)14-15-31-23-13-8-18(16-22(23)25)24(28)26-19-9-11-21(12-10-19)32(29,30)27-20-6-4-3-5-7-20/h8-13,16-17,20,27H,3-7,14-15H2,1-2H3,(H,26,28). The summed E-state index contributed by atoms with van der Waals surface area (Å²) in [5.74, 6) is 0.973. The third-order valence-electron chi connectivity index (χ3n) is 5.50. The van der Waals surface area contributed by atoms with Gasteiger partial charge in [-0.25, -0.2) is 13.1 Å². The van der Waals surface area contributed by atoms with Gasteiger partial charge in [0.05, 0.1) is 16.0 Å². The Morgan fingerprint density at radius 3 is 2.41 bits per heavy atom. The predicted molar refractivity (Wildman–Crippen MR) is 131 cm³/mol. The summed E-state index contributed by atoms with van der Waals surface area (Å²) in [5.41, 5.74) is 1.00. The molecule has 1 fully saturated rings. The fourth-order valence-corrected chi connectivity index (χ4v) is 5.39. The molecule has 1 aliphatic carbocycles. The van der Waals surface area contributed by atoms with Crippen LogP contribution in [0, 0.1) is 5.92 Å². The molecule has 0 spiro atoms. The Morgan fingerprint density at radius 2 is 1.78 bits per heavy atom. The summed E-state index contributed by atoms with van der Waals surface area (Å²) in [7, 11) is -3.56. The van der Waals surface area contributed by atoms with Crippen LogP contribution in [0.1, 0.15) is 62.7 Å². The van der Waals surface area contributed by atoms with Crippen molar-refractivity contribution in [2.75, 3.05) is 11.9 Å². The Bertz CT molecular complexity index is 1020. The summed E-state index contributed by atoms with van der Waals surface area (Å²) in [5, 5.41) is 2.81. The lowest BCUT2D eigenvalue weighted by molar-refractivity contribution is 0.102. The van der Waals surface area contributed by atoms with Crippen LogP contribution in [-0.2, 0) is 10.0 Å². The van der Waals surface area contributed by atoms with E-state index in [1.165, 1.54) is 12.1 Å². The average molecular weight is 523 g/mol.